The second kappa shape index (κ2) is 7.02. The van der Waals surface area contributed by atoms with E-state index in [9.17, 15) is 4.79 Å². The van der Waals surface area contributed by atoms with E-state index in [0.717, 1.165) is 36.3 Å². The maximum Gasteiger partial charge on any atom is 0.227 e. The number of hydrogen-bond acceptors (Lipinski definition) is 1. The molecule has 26 heavy (non-hydrogen) atoms. The monoisotopic (exact) mass is 353 g/mol. The quantitative estimate of drug-likeness (QED) is 0.736. The third kappa shape index (κ3) is 3.70. The Labute approximate surface area is 159 Å². The third-order valence-electron chi connectivity index (χ3n) is 7.32. The molecule has 5 rings (SSSR count). The van der Waals surface area contributed by atoms with Crippen molar-refractivity contribution in [2.45, 2.75) is 71.6 Å². The van der Waals surface area contributed by atoms with E-state index in [0.29, 0.717) is 11.3 Å². The number of carbonyl (C=O) groups is 1. The molecule has 4 aliphatic rings. The first-order valence-electron chi connectivity index (χ1n) is 10.8. The Morgan fingerprint density at radius 1 is 1.00 bits per heavy atom. The summed E-state index contributed by atoms with van der Waals surface area (Å²) in [5, 5.41) is 3.35. The summed E-state index contributed by atoms with van der Waals surface area (Å²) in [6.45, 7) is 7.44. The van der Waals surface area contributed by atoms with Crippen LogP contribution in [0.1, 0.15) is 76.3 Å². The van der Waals surface area contributed by atoms with E-state index in [1.165, 1.54) is 44.1 Å². The lowest BCUT2D eigenvalue weighted by molar-refractivity contribution is -0.124. The van der Waals surface area contributed by atoms with Crippen LogP contribution in [0, 0.1) is 29.1 Å². The molecule has 1 amide bonds. The first kappa shape index (κ1) is 18.1. The van der Waals surface area contributed by atoms with Crippen LogP contribution in [0.25, 0.3) is 0 Å². The molecule has 142 valence electrons. The van der Waals surface area contributed by atoms with Crippen molar-refractivity contribution in [1.82, 2.24) is 5.32 Å². The second-order valence-corrected chi connectivity index (χ2v) is 10.2. The number of hydrogen-bond donors (Lipinski definition) is 1. The van der Waals surface area contributed by atoms with Gasteiger partial charge in [0.1, 0.15) is 0 Å². The molecule has 1 N–H and O–H groups in total. The minimum atomic E-state index is -0.0583. The van der Waals surface area contributed by atoms with Crippen LogP contribution < -0.4 is 5.32 Å². The van der Waals surface area contributed by atoms with E-state index in [2.05, 4.69) is 43.4 Å². The lowest BCUT2D eigenvalue weighted by atomic mass is 9.49. The predicted octanol–water partition coefficient (Wildman–Crippen LogP) is 5.32. The van der Waals surface area contributed by atoms with Gasteiger partial charge in [0, 0.05) is 6.54 Å². The molecule has 2 nitrogen and oxygen atoms in total. The summed E-state index contributed by atoms with van der Waals surface area (Å²) in [6, 6.07) is 8.68. The lowest BCUT2D eigenvalue weighted by Crippen LogP contribution is -2.51. The number of rotatable bonds is 6. The molecule has 4 fully saturated rings. The summed E-state index contributed by atoms with van der Waals surface area (Å²) in [5.74, 6) is 3.66. The molecule has 1 aromatic rings. The molecule has 0 unspecified atom stereocenters. The molecule has 1 atom stereocenters. The van der Waals surface area contributed by atoms with Crippen LogP contribution in [0.5, 0.6) is 0 Å². The average molecular weight is 354 g/mol. The van der Waals surface area contributed by atoms with Crippen LogP contribution in [-0.4, -0.2) is 12.5 Å². The zero-order valence-corrected chi connectivity index (χ0v) is 16.8. The normalized spacial score (nSPS) is 33.5. The lowest BCUT2D eigenvalue weighted by Gasteiger charge is -2.57. The van der Waals surface area contributed by atoms with E-state index < -0.39 is 0 Å². The van der Waals surface area contributed by atoms with Crippen LogP contribution in [0.15, 0.2) is 24.3 Å². The maximum absolute atomic E-state index is 12.8. The Hall–Kier alpha value is -1.31. The van der Waals surface area contributed by atoms with Crippen LogP contribution in [0.4, 0.5) is 0 Å². The van der Waals surface area contributed by atoms with E-state index in [-0.39, 0.29) is 11.8 Å². The fourth-order valence-corrected chi connectivity index (χ4v) is 6.50. The summed E-state index contributed by atoms with van der Waals surface area (Å²) < 4.78 is 0. The van der Waals surface area contributed by atoms with Gasteiger partial charge in [-0.1, -0.05) is 38.1 Å². The van der Waals surface area contributed by atoms with Crippen molar-refractivity contribution in [2.75, 3.05) is 6.54 Å². The minimum absolute atomic E-state index is 0.0583. The van der Waals surface area contributed by atoms with Gasteiger partial charge in [-0.15, -0.1) is 0 Å². The Morgan fingerprint density at radius 2 is 1.54 bits per heavy atom. The van der Waals surface area contributed by atoms with Crippen LogP contribution in [0.2, 0.25) is 0 Å². The molecule has 4 bridgehead atoms. The van der Waals surface area contributed by atoms with Crippen molar-refractivity contribution in [1.29, 1.82) is 0 Å². The van der Waals surface area contributed by atoms with Gasteiger partial charge < -0.3 is 5.32 Å². The number of carbonyl (C=O) groups excluding carboxylic acids is 1. The third-order valence-corrected chi connectivity index (χ3v) is 7.32. The van der Waals surface area contributed by atoms with E-state index in [1.54, 1.807) is 0 Å². The van der Waals surface area contributed by atoms with Gasteiger partial charge in [0.05, 0.1) is 5.92 Å². The smallest absolute Gasteiger partial charge is 0.227 e. The largest absolute Gasteiger partial charge is 0.355 e. The summed E-state index contributed by atoms with van der Waals surface area (Å²) in [4.78, 5) is 12.8. The van der Waals surface area contributed by atoms with Gasteiger partial charge in [0.2, 0.25) is 5.91 Å². The number of benzene rings is 1. The van der Waals surface area contributed by atoms with Crippen LogP contribution in [0.3, 0.4) is 0 Å². The van der Waals surface area contributed by atoms with Gasteiger partial charge in [0.25, 0.3) is 0 Å². The molecule has 0 saturated heterocycles. The van der Waals surface area contributed by atoms with Gasteiger partial charge in [-0.05, 0) is 92.1 Å². The molecule has 2 heteroatoms. The first-order chi connectivity index (χ1) is 12.4. The van der Waals surface area contributed by atoms with Crippen molar-refractivity contribution < 1.29 is 4.79 Å². The fraction of sp³-hybridized carbons (Fsp3) is 0.708. The first-order valence-corrected chi connectivity index (χ1v) is 10.8. The minimum Gasteiger partial charge on any atom is -0.355 e. The van der Waals surface area contributed by atoms with E-state index in [4.69, 9.17) is 0 Å². The Bertz CT molecular complexity index is 609. The fourth-order valence-electron chi connectivity index (χ4n) is 6.50. The Kier molecular flexibility index (Phi) is 4.88. The Morgan fingerprint density at radius 3 is 2.04 bits per heavy atom. The predicted molar refractivity (Wildman–Crippen MR) is 107 cm³/mol. The Balaban J connectivity index is 1.34. The van der Waals surface area contributed by atoms with E-state index >= 15 is 0 Å². The van der Waals surface area contributed by atoms with Crippen molar-refractivity contribution in [3.8, 4) is 0 Å². The van der Waals surface area contributed by atoms with Crippen LogP contribution >= 0.6 is 0 Å². The molecule has 0 spiro atoms. The van der Waals surface area contributed by atoms with Crippen molar-refractivity contribution >= 4 is 5.91 Å². The second-order valence-electron chi connectivity index (χ2n) is 10.2. The SMILES string of the molecule is CC(C)Cc1ccc([C@H](C)C(=O)NCC23CC4CC(CC(C4)C2)C3)cc1. The number of nitrogens with one attached hydrogen (secondary N) is 1. The molecule has 0 aromatic heterocycles. The maximum atomic E-state index is 12.8. The summed E-state index contributed by atoms with van der Waals surface area (Å²) in [5.41, 5.74) is 2.93. The highest BCUT2D eigenvalue weighted by Gasteiger charge is 2.50. The number of amides is 1. The molecule has 1 aromatic carbocycles. The zero-order chi connectivity index (χ0) is 18.3. The van der Waals surface area contributed by atoms with Gasteiger partial charge in [-0.25, -0.2) is 0 Å². The summed E-state index contributed by atoms with van der Waals surface area (Å²) in [7, 11) is 0. The van der Waals surface area contributed by atoms with Crippen molar-refractivity contribution in [3.05, 3.63) is 35.4 Å². The van der Waals surface area contributed by atoms with Gasteiger partial charge in [-0.2, -0.15) is 0 Å². The molecule has 4 saturated carbocycles. The van der Waals surface area contributed by atoms with Crippen LogP contribution in [-0.2, 0) is 11.2 Å². The van der Waals surface area contributed by atoms with Crippen molar-refractivity contribution in [3.63, 3.8) is 0 Å². The van der Waals surface area contributed by atoms with Crippen molar-refractivity contribution in [2.24, 2.45) is 29.1 Å². The highest BCUT2D eigenvalue weighted by Crippen LogP contribution is 2.59. The zero-order valence-electron chi connectivity index (χ0n) is 16.8. The molecule has 0 heterocycles. The molecular weight excluding hydrogens is 318 g/mol. The molecule has 4 aliphatic carbocycles. The van der Waals surface area contributed by atoms with E-state index in [1.807, 2.05) is 6.92 Å². The van der Waals surface area contributed by atoms with Gasteiger partial charge in [-0.3, -0.25) is 4.79 Å². The highest BCUT2D eigenvalue weighted by atomic mass is 16.1. The summed E-state index contributed by atoms with van der Waals surface area (Å²) in [6.07, 6.45) is 9.57. The molecular formula is C24H35NO. The van der Waals surface area contributed by atoms with Gasteiger partial charge in [0.15, 0.2) is 0 Å². The van der Waals surface area contributed by atoms with Gasteiger partial charge >= 0.3 is 0 Å². The molecule has 0 radical (unpaired) electrons. The topological polar surface area (TPSA) is 29.1 Å². The average Bonchev–Trinajstić information content (AvgIpc) is 2.58. The standard InChI is InChI=1S/C24H35NO/c1-16(2)8-18-4-6-22(7-5-18)17(3)23(26)25-15-24-12-19-9-20(13-24)11-21(10-19)14-24/h4-7,16-17,19-21H,8-15H2,1-3H3,(H,25,26)/t17-,19?,20?,21?,24?/m0/s1. The highest BCUT2D eigenvalue weighted by molar-refractivity contribution is 5.83. The molecule has 0 aliphatic heterocycles. The summed E-state index contributed by atoms with van der Waals surface area (Å²) >= 11 is 0.